The quantitative estimate of drug-likeness (QED) is 0.0763. The van der Waals surface area contributed by atoms with E-state index in [0.29, 0.717) is 72.6 Å². The standard InChI is InChI=1S/C39H37ClFN3O6S/c1-23-35-32(12-11-30(40)36(35)37-31(20-45)42-44-14-16-49-21-33(37)44)43(38(23)39(46)48-3)13-4-15-50-34-19-28(18-25-17-26(41)7-10-29(25)34)51-22-24-5-8-27(47-2)9-6-24/h5-12,17-19,45H,4,13-16,20-22H2,1-3H3. The molecular formula is C39H37ClFN3O6S. The predicted molar refractivity (Wildman–Crippen MR) is 196 cm³/mol. The zero-order chi connectivity index (χ0) is 35.6. The number of nitrogens with zero attached hydrogens (tertiary/aromatic N) is 3. The Kier molecular flexibility index (Phi) is 10.2. The molecule has 7 rings (SSSR count). The number of esters is 1. The van der Waals surface area contributed by atoms with Crippen LogP contribution in [-0.2, 0) is 41.5 Å². The van der Waals surface area contributed by atoms with Gasteiger partial charge in [-0.3, -0.25) is 4.68 Å². The number of aliphatic hydroxyl groups excluding tert-OH is 1. The van der Waals surface area contributed by atoms with E-state index in [-0.39, 0.29) is 12.4 Å². The summed E-state index contributed by atoms with van der Waals surface area (Å²) in [5, 5.41) is 17.8. The topological polar surface area (TPSA) is 97.0 Å². The highest BCUT2D eigenvalue weighted by molar-refractivity contribution is 7.98. The van der Waals surface area contributed by atoms with Gasteiger partial charge in [-0.1, -0.05) is 23.7 Å². The first kappa shape index (κ1) is 34.9. The first-order valence-corrected chi connectivity index (χ1v) is 18.0. The minimum absolute atomic E-state index is 0.272. The maximum Gasteiger partial charge on any atom is 0.354 e. The summed E-state index contributed by atoms with van der Waals surface area (Å²) < 4.78 is 40.8. The Bertz CT molecular complexity index is 2250. The molecule has 1 aliphatic rings. The molecule has 2 aromatic heterocycles. The lowest BCUT2D eigenvalue weighted by Crippen LogP contribution is -2.17. The Labute approximate surface area is 303 Å². The van der Waals surface area contributed by atoms with E-state index >= 15 is 0 Å². The number of carbonyl (C=O) groups excluding carboxylic acids is 1. The third-order valence-electron chi connectivity index (χ3n) is 9.22. The summed E-state index contributed by atoms with van der Waals surface area (Å²) in [6.07, 6.45) is 0.552. The molecule has 12 heteroatoms. The molecule has 0 aliphatic carbocycles. The summed E-state index contributed by atoms with van der Waals surface area (Å²) in [5.41, 5.74) is 5.81. The molecule has 0 amide bonds. The van der Waals surface area contributed by atoms with Crippen LogP contribution >= 0.6 is 23.4 Å². The second-order valence-electron chi connectivity index (χ2n) is 12.3. The van der Waals surface area contributed by atoms with Gasteiger partial charge in [0.15, 0.2) is 0 Å². The second kappa shape index (κ2) is 15.0. The highest BCUT2D eigenvalue weighted by Crippen LogP contribution is 2.43. The van der Waals surface area contributed by atoms with E-state index in [0.717, 1.165) is 54.9 Å². The van der Waals surface area contributed by atoms with E-state index in [9.17, 15) is 14.3 Å². The maximum absolute atomic E-state index is 14.3. The molecule has 0 atom stereocenters. The first-order valence-electron chi connectivity index (χ1n) is 16.6. The summed E-state index contributed by atoms with van der Waals surface area (Å²) in [4.78, 5) is 14.3. The molecule has 6 aromatic rings. The van der Waals surface area contributed by atoms with Crippen LogP contribution in [0.5, 0.6) is 11.5 Å². The number of methoxy groups -OCH3 is 2. The van der Waals surface area contributed by atoms with Crippen LogP contribution < -0.4 is 9.47 Å². The van der Waals surface area contributed by atoms with E-state index < -0.39 is 5.97 Å². The van der Waals surface area contributed by atoms with Gasteiger partial charge in [-0.25, -0.2) is 9.18 Å². The number of hydrogen-bond acceptors (Lipinski definition) is 8. The Balaban J connectivity index is 1.18. The van der Waals surface area contributed by atoms with Crippen molar-refractivity contribution in [3.63, 3.8) is 0 Å². The molecule has 51 heavy (non-hydrogen) atoms. The molecule has 0 saturated heterocycles. The van der Waals surface area contributed by atoms with Gasteiger partial charge in [-0.15, -0.1) is 11.8 Å². The second-order valence-corrected chi connectivity index (χ2v) is 13.7. The fourth-order valence-electron chi connectivity index (χ4n) is 6.83. The van der Waals surface area contributed by atoms with Crippen molar-refractivity contribution in [3.05, 3.63) is 106 Å². The Hall–Kier alpha value is -4.55. The van der Waals surface area contributed by atoms with Crippen molar-refractivity contribution in [2.24, 2.45) is 0 Å². The number of carbonyl (C=O) groups is 1. The van der Waals surface area contributed by atoms with Gasteiger partial charge in [-0.2, -0.15) is 5.10 Å². The largest absolute Gasteiger partial charge is 0.497 e. The monoisotopic (exact) mass is 729 g/mol. The fourth-order valence-corrected chi connectivity index (χ4v) is 8.00. The van der Waals surface area contributed by atoms with E-state index in [1.807, 2.05) is 64.7 Å². The van der Waals surface area contributed by atoms with E-state index in [2.05, 4.69) is 5.10 Å². The molecule has 0 bridgehead atoms. The number of hydrogen-bond donors (Lipinski definition) is 1. The van der Waals surface area contributed by atoms with Gasteiger partial charge in [-0.05, 0) is 84.5 Å². The molecule has 0 fully saturated rings. The smallest absolute Gasteiger partial charge is 0.354 e. The van der Waals surface area contributed by atoms with Crippen LogP contribution in [0.4, 0.5) is 4.39 Å². The molecule has 3 heterocycles. The molecule has 1 N–H and O–H groups in total. The Morgan fingerprint density at radius 3 is 2.67 bits per heavy atom. The lowest BCUT2D eigenvalue weighted by molar-refractivity contribution is 0.0587. The van der Waals surface area contributed by atoms with Crippen LogP contribution in [0.3, 0.4) is 0 Å². The van der Waals surface area contributed by atoms with E-state index in [1.165, 1.54) is 19.2 Å². The van der Waals surface area contributed by atoms with Gasteiger partial charge in [0, 0.05) is 49.6 Å². The minimum atomic E-state index is -0.468. The van der Waals surface area contributed by atoms with Gasteiger partial charge in [0.05, 0.1) is 58.6 Å². The van der Waals surface area contributed by atoms with Gasteiger partial charge in [0.2, 0.25) is 0 Å². The summed E-state index contributed by atoms with van der Waals surface area (Å²) in [6, 6.07) is 20.3. The number of aryl methyl sites for hydroxylation is 2. The number of thioether (sulfide) groups is 1. The zero-order valence-electron chi connectivity index (χ0n) is 28.5. The van der Waals surface area contributed by atoms with Crippen LogP contribution in [0.2, 0.25) is 5.02 Å². The van der Waals surface area contributed by atoms with Gasteiger partial charge in [0.25, 0.3) is 0 Å². The van der Waals surface area contributed by atoms with Crippen molar-refractivity contribution >= 4 is 51.0 Å². The minimum Gasteiger partial charge on any atom is -0.497 e. The molecule has 0 radical (unpaired) electrons. The third kappa shape index (κ3) is 6.79. The molecule has 0 unspecified atom stereocenters. The maximum atomic E-state index is 14.3. The number of ether oxygens (including phenoxy) is 4. The van der Waals surface area contributed by atoms with Crippen molar-refractivity contribution < 1.29 is 33.2 Å². The summed E-state index contributed by atoms with van der Waals surface area (Å²) in [5.74, 6) is 1.40. The average molecular weight is 730 g/mol. The van der Waals surface area contributed by atoms with E-state index in [1.54, 1.807) is 24.9 Å². The zero-order valence-corrected chi connectivity index (χ0v) is 30.1. The number of aromatic nitrogens is 3. The van der Waals surface area contributed by atoms with Crippen LogP contribution in [-0.4, -0.2) is 52.9 Å². The molecule has 9 nitrogen and oxygen atoms in total. The SMILES string of the molecule is COC(=O)c1c(C)c2c(-c3c(CO)nn4c3COCC4)c(Cl)ccc2n1CCCOc1cc(SCc2ccc(OC)cc2)cc2cc(F)ccc12. The van der Waals surface area contributed by atoms with E-state index in [4.69, 9.17) is 30.5 Å². The van der Waals surface area contributed by atoms with Crippen LogP contribution in [0.25, 0.3) is 32.8 Å². The predicted octanol–water partition coefficient (Wildman–Crippen LogP) is 8.34. The summed E-state index contributed by atoms with van der Waals surface area (Å²) >= 11 is 8.56. The fraction of sp³-hybridized carbons (Fsp3) is 0.282. The molecule has 4 aromatic carbocycles. The highest BCUT2D eigenvalue weighted by Gasteiger charge is 2.29. The average Bonchev–Trinajstić information content (AvgIpc) is 3.66. The Morgan fingerprint density at radius 1 is 1.08 bits per heavy atom. The van der Waals surface area contributed by atoms with Crippen LogP contribution in [0.15, 0.2) is 71.6 Å². The van der Waals surface area contributed by atoms with Gasteiger partial charge < -0.3 is 28.6 Å². The molecule has 0 spiro atoms. The number of aliphatic hydroxyl groups is 1. The van der Waals surface area contributed by atoms with Gasteiger partial charge in [0.1, 0.15) is 23.0 Å². The molecule has 1 aliphatic heterocycles. The Morgan fingerprint density at radius 2 is 1.90 bits per heavy atom. The van der Waals surface area contributed by atoms with Crippen molar-refractivity contribution in [2.75, 3.05) is 27.4 Å². The third-order valence-corrected chi connectivity index (χ3v) is 10.6. The van der Waals surface area contributed by atoms with Crippen LogP contribution in [0, 0.1) is 12.7 Å². The van der Waals surface area contributed by atoms with Crippen molar-refractivity contribution in [1.82, 2.24) is 14.3 Å². The number of halogens is 2. The van der Waals surface area contributed by atoms with Gasteiger partial charge >= 0.3 is 5.97 Å². The highest BCUT2D eigenvalue weighted by atomic mass is 35.5. The lowest BCUT2D eigenvalue weighted by Gasteiger charge is -2.17. The van der Waals surface area contributed by atoms with Crippen LogP contribution in [0.1, 0.15) is 39.4 Å². The first-order chi connectivity index (χ1) is 24.8. The summed E-state index contributed by atoms with van der Waals surface area (Å²) in [7, 11) is 3.01. The van der Waals surface area contributed by atoms with Crippen molar-refractivity contribution in [1.29, 1.82) is 0 Å². The molecular weight excluding hydrogens is 693 g/mol. The number of benzene rings is 4. The number of fused-ring (bicyclic) bond motifs is 3. The normalized spacial score (nSPS) is 12.7. The van der Waals surface area contributed by atoms with Crippen molar-refractivity contribution in [3.8, 4) is 22.6 Å². The summed E-state index contributed by atoms with van der Waals surface area (Å²) in [6.45, 7) is 3.81. The molecule has 264 valence electrons. The number of rotatable bonds is 12. The van der Waals surface area contributed by atoms with Crippen molar-refractivity contribution in [2.45, 2.75) is 50.3 Å². The molecule has 0 saturated carbocycles. The lowest BCUT2D eigenvalue weighted by atomic mass is 9.96.